The number of furan rings is 1. The summed E-state index contributed by atoms with van der Waals surface area (Å²) in [5.74, 6) is -1.43. The normalized spacial score (nSPS) is 16.4. The SMILES string of the molecule is O=C(NC[C@@H](c1ccco1)S(=O)(=O)c1ccc(Cl)cc1)C(=O)NC1CCCCCC1. The van der Waals surface area contributed by atoms with Crippen LogP contribution in [0.15, 0.2) is 52.0 Å². The van der Waals surface area contributed by atoms with Crippen LogP contribution in [0.3, 0.4) is 0 Å². The molecular formula is C21H25ClN2O5S. The Morgan fingerprint density at radius 3 is 2.30 bits per heavy atom. The van der Waals surface area contributed by atoms with E-state index in [-0.39, 0.29) is 23.2 Å². The smallest absolute Gasteiger partial charge is 0.309 e. The molecule has 0 unspecified atom stereocenters. The zero-order valence-electron chi connectivity index (χ0n) is 16.5. The van der Waals surface area contributed by atoms with E-state index in [1.54, 1.807) is 6.07 Å². The van der Waals surface area contributed by atoms with Crippen LogP contribution in [0.2, 0.25) is 5.02 Å². The third-order valence-corrected chi connectivity index (χ3v) is 7.55. The van der Waals surface area contributed by atoms with Gasteiger partial charge >= 0.3 is 11.8 Å². The van der Waals surface area contributed by atoms with Crippen LogP contribution in [-0.4, -0.2) is 32.8 Å². The molecule has 0 bridgehead atoms. The molecule has 30 heavy (non-hydrogen) atoms. The van der Waals surface area contributed by atoms with Gasteiger partial charge in [0.25, 0.3) is 0 Å². The molecule has 1 aliphatic carbocycles. The second-order valence-electron chi connectivity index (χ2n) is 7.37. The van der Waals surface area contributed by atoms with Crippen LogP contribution in [0.1, 0.15) is 49.5 Å². The van der Waals surface area contributed by atoms with Crippen LogP contribution >= 0.6 is 11.6 Å². The summed E-state index contributed by atoms with van der Waals surface area (Å²) in [4.78, 5) is 24.6. The Kier molecular flexibility index (Phi) is 7.55. The molecule has 0 aliphatic heterocycles. The molecule has 1 aromatic heterocycles. The van der Waals surface area contributed by atoms with E-state index >= 15 is 0 Å². The minimum atomic E-state index is -3.89. The summed E-state index contributed by atoms with van der Waals surface area (Å²) in [6.45, 7) is -0.296. The minimum Gasteiger partial charge on any atom is -0.468 e. The quantitative estimate of drug-likeness (QED) is 0.516. The molecule has 0 spiro atoms. The predicted molar refractivity (Wildman–Crippen MR) is 113 cm³/mol. The molecule has 1 heterocycles. The first-order valence-corrected chi connectivity index (χ1v) is 11.9. The standard InChI is InChI=1S/C21H25ClN2O5S/c22-15-9-11-17(12-10-15)30(27,28)19(18-8-5-13-29-18)14-23-20(25)21(26)24-16-6-3-1-2-4-7-16/h5,8-13,16,19H,1-4,6-7,14H2,(H,23,25)(H,24,26)/t19-/m0/s1. The summed E-state index contributed by atoms with van der Waals surface area (Å²) in [7, 11) is -3.89. The van der Waals surface area contributed by atoms with Gasteiger partial charge in [-0.05, 0) is 49.2 Å². The number of hydrogen-bond acceptors (Lipinski definition) is 5. The Balaban J connectivity index is 1.69. The Labute approximate surface area is 181 Å². The average molecular weight is 453 g/mol. The van der Waals surface area contributed by atoms with Crippen LogP contribution in [0.4, 0.5) is 0 Å². The van der Waals surface area contributed by atoms with Gasteiger partial charge in [-0.15, -0.1) is 0 Å². The summed E-state index contributed by atoms with van der Waals surface area (Å²) >= 11 is 5.85. The van der Waals surface area contributed by atoms with Crippen molar-refractivity contribution >= 4 is 33.3 Å². The molecule has 162 valence electrons. The molecule has 1 saturated carbocycles. The molecule has 1 aliphatic rings. The Morgan fingerprint density at radius 2 is 1.70 bits per heavy atom. The molecule has 3 rings (SSSR count). The first-order valence-electron chi connectivity index (χ1n) is 9.99. The molecular weight excluding hydrogens is 428 g/mol. The summed E-state index contributed by atoms with van der Waals surface area (Å²) in [6, 6.07) is 8.82. The van der Waals surface area contributed by atoms with Gasteiger partial charge < -0.3 is 15.1 Å². The maximum Gasteiger partial charge on any atom is 0.309 e. The van der Waals surface area contributed by atoms with E-state index < -0.39 is 26.9 Å². The van der Waals surface area contributed by atoms with E-state index in [9.17, 15) is 18.0 Å². The van der Waals surface area contributed by atoms with Crippen LogP contribution in [0, 0.1) is 0 Å². The van der Waals surface area contributed by atoms with Gasteiger partial charge in [-0.25, -0.2) is 8.42 Å². The maximum absolute atomic E-state index is 13.1. The number of hydrogen-bond donors (Lipinski definition) is 2. The fourth-order valence-corrected chi connectivity index (χ4v) is 5.28. The van der Waals surface area contributed by atoms with Crippen molar-refractivity contribution in [2.24, 2.45) is 0 Å². The predicted octanol–water partition coefficient (Wildman–Crippen LogP) is 3.40. The van der Waals surface area contributed by atoms with Crippen molar-refractivity contribution in [3.63, 3.8) is 0 Å². The number of benzene rings is 1. The number of carbonyl (C=O) groups excluding carboxylic acids is 2. The van der Waals surface area contributed by atoms with E-state index in [0.717, 1.165) is 38.5 Å². The summed E-state index contributed by atoms with van der Waals surface area (Å²) in [5, 5.41) is 4.43. The van der Waals surface area contributed by atoms with Gasteiger partial charge in [0, 0.05) is 17.6 Å². The molecule has 0 saturated heterocycles. The highest BCUT2D eigenvalue weighted by atomic mass is 35.5. The lowest BCUT2D eigenvalue weighted by Gasteiger charge is -2.18. The van der Waals surface area contributed by atoms with Crippen molar-refractivity contribution in [3.8, 4) is 0 Å². The van der Waals surface area contributed by atoms with E-state index in [4.69, 9.17) is 16.0 Å². The Bertz CT molecular complexity index is 950. The summed E-state index contributed by atoms with van der Waals surface area (Å²) in [5.41, 5.74) is 0. The first kappa shape index (κ1) is 22.4. The monoisotopic (exact) mass is 452 g/mol. The van der Waals surface area contributed by atoms with Crippen molar-refractivity contribution in [3.05, 3.63) is 53.4 Å². The highest BCUT2D eigenvalue weighted by molar-refractivity contribution is 7.91. The van der Waals surface area contributed by atoms with Gasteiger partial charge in [0.05, 0.1) is 11.2 Å². The minimum absolute atomic E-state index is 0.0237. The first-order chi connectivity index (χ1) is 14.4. The topological polar surface area (TPSA) is 105 Å². The van der Waals surface area contributed by atoms with Crippen LogP contribution in [0.5, 0.6) is 0 Å². The van der Waals surface area contributed by atoms with Gasteiger partial charge in [-0.3, -0.25) is 9.59 Å². The van der Waals surface area contributed by atoms with E-state index in [1.165, 1.54) is 36.6 Å². The van der Waals surface area contributed by atoms with Gasteiger partial charge in [0.15, 0.2) is 9.84 Å². The van der Waals surface area contributed by atoms with Crippen LogP contribution in [-0.2, 0) is 19.4 Å². The molecule has 1 atom stereocenters. The van der Waals surface area contributed by atoms with E-state index in [0.29, 0.717) is 5.02 Å². The number of carbonyl (C=O) groups is 2. The van der Waals surface area contributed by atoms with Crippen molar-refractivity contribution in [1.82, 2.24) is 10.6 Å². The van der Waals surface area contributed by atoms with Crippen molar-refractivity contribution in [2.45, 2.75) is 54.7 Å². The molecule has 9 heteroatoms. The van der Waals surface area contributed by atoms with E-state index in [1.807, 2.05) is 0 Å². The zero-order chi connectivity index (χ0) is 21.6. The highest BCUT2D eigenvalue weighted by Crippen LogP contribution is 2.29. The molecule has 7 nitrogen and oxygen atoms in total. The second kappa shape index (κ2) is 10.1. The molecule has 1 fully saturated rings. The lowest BCUT2D eigenvalue weighted by molar-refractivity contribution is -0.139. The van der Waals surface area contributed by atoms with Crippen molar-refractivity contribution in [1.29, 1.82) is 0 Å². The summed E-state index contributed by atoms with van der Waals surface area (Å²) < 4.78 is 31.5. The average Bonchev–Trinajstić information content (AvgIpc) is 3.12. The number of rotatable bonds is 6. The Morgan fingerprint density at radius 1 is 1.03 bits per heavy atom. The lowest BCUT2D eigenvalue weighted by Crippen LogP contribution is -2.45. The Hall–Kier alpha value is -2.32. The van der Waals surface area contributed by atoms with Crippen LogP contribution in [0.25, 0.3) is 0 Å². The number of amides is 2. The third-order valence-electron chi connectivity index (χ3n) is 5.22. The van der Waals surface area contributed by atoms with E-state index in [2.05, 4.69) is 10.6 Å². The lowest BCUT2D eigenvalue weighted by atomic mass is 10.1. The largest absolute Gasteiger partial charge is 0.468 e. The van der Waals surface area contributed by atoms with Gasteiger partial charge in [0.1, 0.15) is 11.0 Å². The number of sulfone groups is 1. The zero-order valence-corrected chi connectivity index (χ0v) is 18.0. The highest BCUT2D eigenvalue weighted by Gasteiger charge is 2.32. The molecule has 2 aromatic rings. The third kappa shape index (κ3) is 5.64. The van der Waals surface area contributed by atoms with Gasteiger partial charge in [0.2, 0.25) is 0 Å². The second-order valence-corrected chi connectivity index (χ2v) is 9.94. The molecule has 2 amide bonds. The maximum atomic E-state index is 13.1. The molecule has 1 aromatic carbocycles. The number of halogens is 1. The molecule has 2 N–H and O–H groups in total. The van der Waals surface area contributed by atoms with Gasteiger partial charge in [-0.2, -0.15) is 0 Å². The van der Waals surface area contributed by atoms with Crippen molar-refractivity contribution in [2.75, 3.05) is 6.54 Å². The fourth-order valence-electron chi connectivity index (χ4n) is 3.57. The van der Waals surface area contributed by atoms with Gasteiger partial charge in [-0.1, -0.05) is 37.3 Å². The van der Waals surface area contributed by atoms with Crippen LogP contribution < -0.4 is 10.6 Å². The molecule has 0 radical (unpaired) electrons. The van der Waals surface area contributed by atoms with Crippen molar-refractivity contribution < 1.29 is 22.4 Å². The number of nitrogens with one attached hydrogen (secondary N) is 2. The summed E-state index contributed by atoms with van der Waals surface area (Å²) in [6.07, 6.45) is 7.36. The fraction of sp³-hybridized carbons (Fsp3) is 0.429.